The summed E-state index contributed by atoms with van der Waals surface area (Å²) in [6.45, 7) is -0.118. The lowest BCUT2D eigenvalue weighted by Crippen LogP contribution is -2.27. The van der Waals surface area contributed by atoms with E-state index in [-0.39, 0.29) is 18.2 Å². The number of hydrogen-bond donors (Lipinski definition) is 1. The largest absolute Gasteiger partial charge is 0.484 e. The molecular formula is C16H17FN2O4S. The number of halogens is 1. The molecule has 8 heteroatoms. The number of nitrogens with one attached hydrogen (secondary N) is 1. The minimum Gasteiger partial charge on any atom is -0.484 e. The van der Waals surface area contributed by atoms with E-state index < -0.39 is 20.7 Å². The Balaban J connectivity index is 2.06. The van der Waals surface area contributed by atoms with E-state index in [1.807, 2.05) is 0 Å². The fraction of sp³-hybridized carbons (Fsp3) is 0.188. The zero-order valence-electron chi connectivity index (χ0n) is 13.2. The molecule has 0 aliphatic rings. The van der Waals surface area contributed by atoms with Crippen LogP contribution in [0.1, 0.15) is 0 Å². The number of benzene rings is 2. The monoisotopic (exact) mass is 352 g/mol. The van der Waals surface area contributed by atoms with Gasteiger partial charge in [-0.15, -0.1) is 0 Å². The Labute approximate surface area is 139 Å². The number of hydrogen-bond acceptors (Lipinski definition) is 4. The van der Waals surface area contributed by atoms with Crippen LogP contribution in [0.4, 0.5) is 10.1 Å². The number of anilines is 1. The zero-order valence-corrected chi connectivity index (χ0v) is 14.0. The molecule has 0 saturated carbocycles. The molecule has 128 valence electrons. The van der Waals surface area contributed by atoms with Crippen LogP contribution >= 0.6 is 0 Å². The van der Waals surface area contributed by atoms with Crippen molar-refractivity contribution in [2.24, 2.45) is 0 Å². The van der Waals surface area contributed by atoms with E-state index in [2.05, 4.69) is 4.72 Å². The van der Waals surface area contributed by atoms with Gasteiger partial charge in [-0.2, -0.15) is 0 Å². The number of carbonyl (C=O) groups excluding carboxylic acids is 1. The number of rotatable bonds is 6. The average molecular weight is 352 g/mol. The lowest BCUT2D eigenvalue weighted by molar-refractivity contribution is -0.130. The normalized spacial score (nSPS) is 11.0. The van der Waals surface area contributed by atoms with Crippen molar-refractivity contribution >= 4 is 21.6 Å². The zero-order chi connectivity index (χ0) is 17.7. The molecule has 0 heterocycles. The van der Waals surface area contributed by atoms with Gasteiger partial charge in [0.25, 0.3) is 15.9 Å². The van der Waals surface area contributed by atoms with Crippen LogP contribution in [-0.2, 0) is 14.8 Å². The summed E-state index contributed by atoms with van der Waals surface area (Å²) in [4.78, 5) is 12.4. The molecule has 0 unspecified atom stereocenters. The van der Waals surface area contributed by atoms with Crippen molar-refractivity contribution in [3.05, 3.63) is 54.3 Å². The van der Waals surface area contributed by atoms with Crippen LogP contribution in [0, 0.1) is 5.82 Å². The second-order valence-electron chi connectivity index (χ2n) is 5.14. The van der Waals surface area contributed by atoms with E-state index in [0.717, 1.165) is 6.07 Å². The maximum atomic E-state index is 13.6. The van der Waals surface area contributed by atoms with Crippen molar-refractivity contribution in [3.63, 3.8) is 0 Å². The Morgan fingerprint density at radius 1 is 1.12 bits per heavy atom. The van der Waals surface area contributed by atoms with Gasteiger partial charge in [-0.3, -0.25) is 9.52 Å². The third kappa shape index (κ3) is 4.45. The van der Waals surface area contributed by atoms with E-state index >= 15 is 0 Å². The molecular weight excluding hydrogens is 335 g/mol. The van der Waals surface area contributed by atoms with Gasteiger partial charge in [-0.1, -0.05) is 12.1 Å². The summed E-state index contributed by atoms with van der Waals surface area (Å²) in [5.41, 5.74) is 0.254. The van der Waals surface area contributed by atoms with Crippen LogP contribution in [0.15, 0.2) is 53.4 Å². The Morgan fingerprint density at radius 3 is 2.33 bits per heavy atom. The fourth-order valence-corrected chi connectivity index (χ4v) is 2.90. The van der Waals surface area contributed by atoms with Crippen molar-refractivity contribution in [3.8, 4) is 5.75 Å². The highest BCUT2D eigenvalue weighted by molar-refractivity contribution is 7.92. The van der Waals surface area contributed by atoms with Crippen LogP contribution in [0.5, 0.6) is 5.75 Å². The Hall–Kier alpha value is -2.61. The molecule has 0 spiro atoms. The third-order valence-electron chi connectivity index (χ3n) is 3.09. The first-order chi connectivity index (χ1) is 11.3. The number of sulfonamides is 1. The molecule has 0 aromatic heterocycles. The lowest BCUT2D eigenvalue weighted by Gasteiger charge is -2.12. The summed E-state index contributed by atoms with van der Waals surface area (Å²) in [7, 11) is -0.786. The minimum absolute atomic E-state index is 0.118. The second kappa shape index (κ2) is 7.31. The minimum atomic E-state index is -4.02. The smallest absolute Gasteiger partial charge is 0.264 e. The molecule has 0 aliphatic carbocycles. The Bertz CT molecular complexity index is 820. The molecule has 0 fully saturated rings. The van der Waals surface area contributed by atoms with Crippen LogP contribution in [0.2, 0.25) is 0 Å². The quantitative estimate of drug-likeness (QED) is 0.864. The molecule has 0 bridgehead atoms. The van der Waals surface area contributed by atoms with Gasteiger partial charge in [0, 0.05) is 19.8 Å². The lowest BCUT2D eigenvalue weighted by atomic mass is 10.3. The van der Waals surface area contributed by atoms with Gasteiger partial charge >= 0.3 is 0 Å². The van der Waals surface area contributed by atoms with Crippen LogP contribution in [0.25, 0.3) is 0 Å². The molecule has 24 heavy (non-hydrogen) atoms. The topological polar surface area (TPSA) is 75.7 Å². The van der Waals surface area contributed by atoms with Gasteiger partial charge < -0.3 is 9.64 Å². The second-order valence-corrected chi connectivity index (χ2v) is 6.79. The van der Waals surface area contributed by atoms with Gasteiger partial charge in [0.2, 0.25) is 0 Å². The van der Waals surface area contributed by atoms with Crippen molar-refractivity contribution in [2.75, 3.05) is 25.4 Å². The maximum Gasteiger partial charge on any atom is 0.264 e. The predicted molar refractivity (Wildman–Crippen MR) is 87.8 cm³/mol. The first-order valence-corrected chi connectivity index (χ1v) is 8.48. The molecule has 0 saturated heterocycles. The molecule has 1 N–H and O–H groups in total. The fourth-order valence-electron chi connectivity index (χ4n) is 1.77. The molecule has 2 aromatic rings. The van der Waals surface area contributed by atoms with Gasteiger partial charge in [0.15, 0.2) is 6.61 Å². The maximum absolute atomic E-state index is 13.6. The van der Waals surface area contributed by atoms with Crippen molar-refractivity contribution in [1.82, 2.24) is 4.90 Å². The molecule has 1 amide bonds. The number of likely N-dealkylation sites (N-methyl/N-ethyl adjacent to an activating group) is 1. The van der Waals surface area contributed by atoms with Crippen molar-refractivity contribution in [1.29, 1.82) is 0 Å². The predicted octanol–water partition coefficient (Wildman–Crippen LogP) is 2.09. The number of ether oxygens (including phenoxy) is 1. The Kier molecular flexibility index (Phi) is 5.40. The SMILES string of the molecule is CN(C)C(=O)COc1ccc(NS(=O)(=O)c2ccccc2F)cc1. The van der Waals surface area contributed by atoms with E-state index in [0.29, 0.717) is 5.75 Å². The van der Waals surface area contributed by atoms with E-state index in [1.165, 1.54) is 47.4 Å². The standard InChI is InChI=1S/C16H17FN2O4S/c1-19(2)16(20)11-23-13-9-7-12(8-10-13)18-24(21,22)15-6-4-3-5-14(15)17/h3-10,18H,11H2,1-2H3. The van der Waals surface area contributed by atoms with Gasteiger partial charge in [-0.05, 0) is 36.4 Å². The van der Waals surface area contributed by atoms with Gasteiger partial charge in [0.1, 0.15) is 16.5 Å². The molecule has 0 radical (unpaired) electrons. The number of carbonyl (C=O) groups is 1. The molecule has 2 aromatic carbocycles. The molecule has 2 rings (SSSR count). The summed E-state index contributed by atoms with van der Waals surface area (Å²) in [5, 5.41) is 0. The van der Waals surface area contributed by atoms with Crippen LogP contribution in [0.3, 0.4) is 0 Å². The van der Waals surface area contributed by atoms with Gasteiger partial charge in [-0.25, -0.2) is 12.8 Å². The summed E-state index contributed by atoms with van der Waals surface area (Å²) in [5.74, 6) is -0.606. The highest BCUT2D eigenvalue weighted by atomic mass is 32.2. The van der Waals surface area contributed by atoms with Crippen LogP contribution in [-0.4, -0.2) is 39.9 Å². The Morgan fingerprint density at radius 2 is 1.75 bits per heavy atom. The summed E-state index contributed by atoms with van der Waals surface area (Å²) in [6, 6.07) is 11.1. The number of nitrogens with zero attached hydrogens (tertiary/aromatic N) is 1. The van der Waals surface area contributed by atoms with Crippen molar-refractivity contribution in [2.45, 2.75) is 4.90 Å². The molecule has 0 aliphatic heterocycles. The molecule has 0 atom stereocenters. The third-order valence-corrected chi connectivity index (χ3v) is 4.51. The van der Waals surface area contributed by atoms with E-state index in [9.17, 15) is 17.6 Å². The summed E-state index contributed by atoms with van der Waals surface area (Å²) >= 11 is 0. The van der Waals surface area contributed by atoms with E-state index in [4.69, 9.17) is 4.74 Å². The highest BCUT2D eigenvalue weighted by Crippen LogP contribution is 2.21. The summed E-state index contributed by atoms with van der Waals surface area (Å²) < 4.78 is 45.5. The molecule has 6 nitrogen and oxygen atoms in total. The van der Waals surface area contributed by atoms with E-state index in [1.54, 1.807) is 14.1 Å². The first-order valence-electron chi connectivity index (χ1n) is 7.00. The average Bonchev–Trinajstić information content (AvgIpc) is 2.53. The van der Waals surface area contributed by atoms with Crippen LogP contribution < -0.4 is 9.46 Å². The summed E-state index contributed by atoms with van der Waals surface area (Å²) in [6.07, 6.45) is 0. The highest BCUT2D eigenvalue weighted by Gasteiger charge is 2.18. The van der Waals surface area contributed by atoms with Crippen molar-refractivity contribution < 1.29 is 22.3 Å². The number of amides is 1. The first kappa shape index (κ1) is 17.7. The van der Waals surface area contributed by atoms with Gasteiger partial charge in [0.05, 0.1) is 0 Å².